The number of nitrogens with zero attached hydrogens (tertiary/aromatic N) is 1. The van der Waals surface area contributed by atoms with Gasteiger partial charge in [0, 0.05) is 11.0 Å². The Morgan fingerprint density at radius 2 is 2.05 bits per heavy atom. The van der Waals surface area contributed by atoms with Gasteiger partial charge < -0.3 is 14.8 Å². The minimum atomic E-state index is 0.319. The summed E-state index contributed by atoms with van der Waals surface area (Å²) in [5.41, 5.74) is 2.20. The van der Waals surface area contributed by atoms with Gasteiger partial charge in [0.1, 0.15) is 5.82 Å². The Morgan fingerprint density at radius 1 is 1.20 bits per heavy atom. The number of halogens is 1. The number of benzene rings is 1. The van der Waals surface area contributed by atoms with Crippen LogP contribution >= 0.6 is 15.9 Å². The van der Waals surface area contributed by atoms with Crippen LogP contribution in [0.5, 0.6) is 11.5 Å². The molecular weight excluding hydrogens is 320 g/mol. The van der Waals surface area contributed by atoms with Crippen molar-refractivity contribution in [3.05, 3.63) is 46.1 Å². The normalized spacial score (nSPS) is 12.5. The van der Waals surface area contributed by atoms with Crippen molar-refractivity contribution < 1.29 is 9.47 Å². The van der Waals surface area contributed by atoms with E-state index in [2.05, 4.69) is 32.3 Å². The number of pyridine rings is 1. The highest BCUT2D eigenvalue weighted by molar-refractivity contribution is 9.10. The number of anilines is 1. The van der Waals surface area contributed by atoms with Crippen LogP contribution in [-0.4, -0.2) is 18.3 Å². The van der Waals surface area contributed by atoms with Crippen LogP contribution in [-0.2, 0) is 6.42 Å². The number of ether oxygens (including phenoxy) is 2. The summed E-state index contributed by atoms with van der Waals surface area (Å²) in [6, 6.07) is 10.0. The summed E-state index contributed by atoms with van der Waals surface area (Å²) in [4.78, 5) is 4.46. The molecule has 4 nitrogen and oxygen atoms in total. The van der Waals surface area contributed by atoms with Crippen LogP contribution < -0.4 is 14.8 Å². The second-order valence-electron chi connectivity index (χ2n) is 4.63. The summed E-state index contributed by atoms with van der Waals surface area (Å²) in [5, 5.41) is 3.32. The first-order valence-corrected chi connectivity index (χ1v) is 7.27. The first-order chi connectivity index (χ1) is 9.72. The quantitative estimate of drug-likeness (QED) is 0.928. The van der Waals surface area contributed by atoms with Crippen molar-refractivity contribution in [3.63, 3.8) is 0 Å². The third-order valence-corrected chi connectivity index (χ3v) is 4.02. The van der Waals surface area contributed by atoms with Crippen LogP contribution in [0.25, 0.3) is 0 Å². The summed E-state index contributed by atoms with van der Waals surface area (Å²) >= 11 is 3.45. The van der Waals surface area contributed by atoms with Gasteiger partial charge in [-0.3, -0.25) is 0 Å². The molecule has 0 fully saturated rings. The zero-order chi connectivity index (χ0) is 13.9. The van der Waals surface area contributed by atoms with E-state index in [9.17, 15) is 0 Å². The van der Waals surface area contributed by atoms with Gasteiger partial charge in [-0.1, -0.05) is 6.07 Å². The molecule has 1 aromatic heterocycles. The number of aryl methyl sites for hydroxylation is 1. The Kier molecular flexibility index (Phi) is 3.78. The Hall–Kier alpha value is -1.75. The van der Waals surface area contributed by atoms with E-state index in [-0.39, 0.29) is 0 Å². The van der Waals surface area contributed by atoms with Crippen LogP contribution in [0.1, 0.15) is 11.3 Å². The lowest BCUT2D eigenvalue weighted by atomic mass is 10.1. The maximum Gasteiger partial charge on any atom is 0.231 e. The predicted molar refractivity (Wildman–Crippen MR) is 81.4 cm³/mol. The van der Waals surface area contributed by atoms with E-state index in [4.69, 9.17) is 9.47 Å². The Balaban J connectivity index is 1.58. The van der Waals surface area contributed by atoms with E-state index in [1.54, 1.807) is 0 Å². The molecule has 104 valence electrons. The second kappa shape index (κ2) is 5.71. The molecule has 0 saturated heterocycles. The number of hydrogen-bond acceptors (Lipinski definition) is 4. The summed E-state index contributed by atoms with van der Waals surface area (Å²) in [5.74, 6) is 2.55. The molecule has 3 rings (SSSR count). The minimum Gasteiger partial charge on any atom is -0.454 e. The van der Waals surface area contributed by atoms with Crippen molar-refractivity contribution in [2.45, 2.75) is 13.3 Å². The van der Waals surface area contributed by atoms with Gasteiger partial charge in [0.15, 0.2) is 11.5 Å². The van der Waals surface area contributed by atoms with E-state index in [1.807, 2.05) is 31.2 Å². The zero-order valence-corrected chi connectivity index (χ0v) is 12.7. The Labute approximate surface area is 126 Å². The largest absolute Gasteiger partial charge is 0.454 e. The third-order valence-electron chi connectivity index (χ3n) is 3.18. The van der Waals surface area contributed by atoms with Crippen molar-refractivity contribution in [3.8, 4) is 11.5 Å². The molecule has 20 heavy (non-hydrogen) atoms. The van der Waals surface area contributed by atoms with Crippen LogP contribution in [0.2, 0.25) is 0 Å². The van der Waals surface area contributed by atoms with Crippen LogP contribution in [0.4, 0.5) is 5.82 Å². The molecule has 5 heteroatoms. The lowest BCUT2D eigenvalue weighted by Crippen LogP contribution is -2.06. The molecule has 0 bridgehead atoms. The van der Waals surface area contributed by atoms with Crippen molar-refractivity contribution in [2.24, 2.45) is 0 Å². The molecule has 0 amide bonds. The first-order valence-electron chi connectivity index (χ1n) is 6.48. The molecule has 2 aromatic rings. The molecule has 0 saturated carbocycles. The molecular formula is C15H15BrN2O2. The van der Waals surface area contributed by atoms with Crippen LogP contribution in [0.3, 0.4) is 0 Å². The summed E-state index contributed by atoms with van der Waals surface area (Å²) in [6.07, 6.45) is 0.910. The smallest absolute Gasteiger partial charge is 0.231 e. The molecule has 1 aromatic carbocycles. The van der Waals surface area contributed by atoms with Gasteiger partial charge in [-0.15, -0.1) is 0 Å². The topological polar surface area (TPSA) is 43.4 Å². The average Bonchev–Trinajstić information content (AvgIpc) is 2.90. The summed E-state index contributed by atoms with van der Waals surface area (Å²) in [6.45, 7) is 3.12. The minimum absolute atomic E-state index is 0.319. The molecule has 1 aliphatic rings. The number of fused-ring (bicyclic) bond motifs is 1. The van der Waals surface area contributed by atoms with E-state index >= 15 is 0 Å². The van der Waals surface area contributed by atoms with E-state index in [0.29, 0.717) is 6.79 Å². The van der Waals surface area contributed by atoms with Crippen molar-refractivity contribution in [2.75, 3.05) is 18.7 Å². The Bertz CT molecular complexity index is 631. The molecule has 1 N–H and O–H groups in total. The van der Waals surface area contributed by atoms with Crippen molar-refractivity contribution in [1.29, 1.82) is 0 Å². The zero-order valence-electron chi connectivity index (χ0n) is 11.1. The SMILES string of the molecule is Cc1nc(NCCc2ccc3c(c2)OCO3)ccc1Br. The van der Waals surface area contributed by atoms with Gasteiger partial charge in [-0.2, -0.15) is 0 Å². The van der Waals surface area contributed by atoms with Crippen molar-refractivity contribution in [1.82, 2.24) is 4.98 Å². The molecule has 0 radical (unpaired) electrons. The standard InChI is InChI=1S/C15H15BrN2O2/c1-10-12(16)3-5-15(18-10)17-7-6-11-2-4-13-14(8-11)20-9-19-13/h2-5,8H,6-7,9H2,1H3,(H,17,18). The van der Waals surface area contributed by atoms with Crippen LogP contribution in [0, 0.1) is 6.92 Å². The first kappa shape index (κ1) is 13.2. The van der Waals surface area contributed by atoms with Crippen LogP contribution in [0.15, 0.2) is 34.8 Å². The highest BCUT2D eigenvalue weighted by atomic mass is 79.9. The van der Waals surface area contributed by atoms with Gasteiger partial charge in [0.05, 0.1) is 5.69 Å². The van der Waals surface area contributed by atoms with Gasteiger partial charge in [0.2, 0.25) is 6.79 Å². The number of aromatic nitrogens is 1. The highest BCUT2D eigenvalue weighted by Crippen LogP contribution is 2.32. The number of hydrogen-bond donors (Lipinski definition) is 1. The molecule has 1 aliphatic heterocycles. The maximum atomic E-state index is 5.37. The van der Waals surface area contributed by atoms with E-state index in [0.717, 1.165) is 40.4 Å². The van der Waals surface area contributed by atoms with Gasteiger partial charge >= 0.3 is 0 Å². The maximum absolute atomic E-state index is 5.37. The van der Waals surface area contributed by atoms with Gasteiger partial charge in [0.25, 0.3) is 0 Å². The highest BCUT2D eigenvalue weighted by Gasteiger charge is 2.12. The fourth-order valence-electron chi connectivity index (χ4n) is 2.07. The molecule has 2 heterocycles. The second-order valence-corrected chi connectivity index (χ2v) is 5.48. The lowest BCUT2D eigenvalue weighted by molar-refractivity contribution is 0.174. The molecule has 0 aliphatic carbocycles. The van der Waals surface area contributed by atoms with E-state index in [1.165, 1.54) is 5.56 Å². The fraction of sp³-hybridized carbons (Fsp3) is 0.267. The van der Waals surface area contributed by atoms with Gasteiger partial charge in [-0.25, -0.2) is 4.98 Å². The lowest BCUT2D eigenvalue weighted by Gasteiger charge is -2.07. The molecule has 0 atom stereocenters. The summed E-state index contributed by atoms with van der Waals surface area (Å²) < 4.78 is 11.7. The average molecular weight is 335 g/mol. The van der Waals surface area contributed by atoms with Gasteiger partial charge in [-0.05, 0) is 59.1 Å². The van der Waals surface area contributed by atoms with E-state index < -0.39 is 0 Å². The molecule has 0 unspecified atom stereocenters. The number of rotatable bonds is 4. The third kappa shape index (κ3) is 2.88. The Morgan fingerprint density at radius 3 is 2.90 bits per heavy atom. The monoisotopic (exact) mass is 334 g/mol. The molecule has 0 spiro atoms. The number of nitrogens with one attached hydrogen (secondary N) is 1. The fourth-order valence-corrected chi connectivity index (χ4v) is 2.29. The summed E-state index contributed by atoms with van der Waals surface area (Å²) in [7, 11) is 0. The van der Waals surface area contributed by atoms with Crippen molar-refractivity contribution >= 4 is 21.7 Å². The predicted octanol–water partition coefficient (Wildman–Crippen LogP) is 3.54.